The molecule has 6 heteroatoms. The number of rotatable bonds is 5. The highest BCUT2D eigenvalue weighted by Gasteiger charge is 2.12. The highest BCUT2D eigenvalue weighted by molar-refractivity contribution is 6.30. The number of anilines is 1. The van der Waals surface area contributed by atoms with Gasteiger partial charge in [-0.25, -0.2) is 4.98 Å². The van der Waals surface area contributed by atoms with Crippen molar-refractivity contribution in [1.82, 2.24) is 4.98 Å². The summed E-state index contributed by atoms with van der Waals surface area (Å²) in [6.45, 7) is 1.94. The Bertz CT molecular complexity index is 1180. The van der Waals surface area contributed by atoms with Crippen LogP contribution in [0.5, 0.6) is 5.75 Å². The van der Waals surface area contributed by atoms with Crippen molar-refractivity contribution in [3.05, 3.63) is 76.8 Å². The quantitative estimate of drug-likeness (QED) is 0.465. The lowest BCUT2D eigenvalue weighted by Gasteiger charge is -2.10. The van der Waals surface area contributed by atoms with E-state index in [2.05, 4.69) is 10.3 Å². The van der Waals surface area contributed by atoms with Gasteiger partial charge < -0.3 is 14.5 Å². The summed E-state index contributed by atoms with van der Waals surface area (Å²) in [4.78, 5) is 17.0. The Kier molecular flexibility index (Phi) is 5.23. The normalized spacial score (nSPS) is 10.9. The highest BCUT2D eigenvalue weighted by atomic mass is 35.5. The minimum Gasteiger partial charge on any atom is -0.497 e. The predicted molar refractivity (Wildman–Crippen MR) is 115 cm³/mol. The van der Waals surface area contributed by atoms with Crippen molar-refractivity contribution in [2.24, 2.45) is 0 Å². The predicted octanol–water partition coefficient (Wildman–Crippen LogP) is 5.65. The van der Waals surface area contributed by atoms with E-state index in [0.29, 0.717) is 22.0 Å². The zero-order valence-electron chi connectivity index (χ0n) is 16.0. The Morgan fingerprint density at radius 1 is 1.10 bits per heavy atom. The minimum atomic E-state index is -0.102. The second kappa shape index (κ2) is 7.97. The van der Waals surface area contributed by atoms with Gasteiger partial charge >= 0.3 is 0 Å². The number of aryl methyl sites for hydroxylation is 1. The van der Waals surface area contributed by atoms with E-state index < -0.39 is 0 Å². The molecule has 1 heterocycles. The van der Waals surface area contributed by atoms with Gasteiger partial charge in [-0.05, 0) is 54.4 Å². The molecule has 0 aliphatic rings. The van der Waals surface area contributed by atoms with E-state index in [4.69, 9.17) is 20.8 Å². The second-order valence-electron chi connectivity index (χ2n) is 6.73. The molecule has 0 radical (unpaired) electrons. The van der Waals surface area contributed by atoms with E-state index in [9.17, 15) is 4.79 Å². The number of halogens is 1. The van der Waals surface area contributed by atoms with Crippen LogP contribution in [0.1, 0.15) is 11.1 Å². The molecule has 3 aromatic carbocycles. The third-order valence-corrected chi connectivity index (χ3v) is 4.88. The number of benzene rings is 3. The van der Waals surface area contributed by atoms with Crippen molar-refractivity contribution in [1.29, 1.82) is 0 Å². The van der Waals surface area contributed by atoms with E-state index in [1.807, 2.05) is 55.5 Å². The van der Waals surface area contributed by atoms with Crippen LogP contribution in [0, 0.1) is 6.92 Å². The number of carbonyl (C=O) groups excluding carboxylic acids is 1. The Morgan fingerprint density at radius 3 is 2.66 bits per heavy atom. The fraction of sp³-hybridized carbons (Fsp3) is 0.130. The number of nitrogens with zero attached hydrogens (tertiary/aromatic N) is 1. The van der Waals surface area contributed by atoms with Gasteiger partial charge in [0, 0.05) is 22.3 Å². The van der Waals surface area contributed by atoms with Crippen LogP contribution in [0.2, 0.25) is 5.02 Å². The van der Waals surface area contributed by atoms with Crippen LogP contribution in [0.25, 0.3) is 22.6 Å². The molecule has 1 N–H and O–H groups in total. The van der Waals surface area contributed by atoms with E-state index >= 15 is 0 Å². The molecule has 4 aromatic rings. The summed E-state index contributed by atoms with van der Waals surface area (Å²) >= 11 is 5.90. The number of hydrogen-bond donors (Lipinski definition) is 1. The summed E-state index contributed by atoms with van der Waals surface area (Å²) in [7, 11) is 1.61. The number of methoxy groups -OCH3 is 1. The molecule has 0 saturated heterocycles. The Morgan fingerprint density at radius 2 is 1.90 bits per heavy atom. The lowest BCUT2D eigenvalue weighted by atomic mass is 10.1. The van der Waals surface area contributed by atoms with E-state index in [0.717, 1.165) is 28.1 Å². The van der Waals surface area contributed by atoms with Crippen LogP contribution in [0.15, 0.2) is 65.1 Å². The van der Waals surface area contributed by atoms with Crippen LogP contribution in [-0.4, -0.2) is 18.0 Å². The molecule has 0 aliphatic heterocycles. The van der Waals surface area contributed by atoms with Gasteiger partial charge in [0.25, 0.3) is 0 Å². The van der Waals surface area contributed by atoms with E-state index in [1.54, 1.807) is 19.2 Å². The first kappa shape index (κ1) is 19.0. The van der Waals surface area contributed by atoms with Crippen molar-refractivity contribution in [3.63, 3.8) is 0 Å². The molecule has 1 amide bonds. The summed E-state index contributed by atoms with van der Waals surface area (Å²) in [6.07, 6.45) is 0.267. The van der Waals surface area contributed by atoms with Crippen LogP contribution in [0.3, 0.4) is 0 Å². The van der Waals surface area contributed by atoms with Crippen molar-refractivity contribution in [2.45, 2.75) is 13.3 Å². The zero-order chi connectivity index (χ0) is 20.4. The SMILES string of the molecule is COc1ccc2oc(-c3ccc(C)c(NC(=O)Cc4ccc(Cl)cc4)c3)nc2c1. The van der Waals surface area contributed by atoms with Crippen LogP contribution >= 0.6 is 11.6 Å². The molecule has 0 aliphatic carbocycles. The van der Waals surface area contributed by atoms with Crippen molar-refractivity contribution >= 4 is 34.3 Å². The number of oxazole rings is 1. The van der Waals surface area contributed by atoms with Crippen LogP contribution < -0.4 is 10.1 Å². The third-order valence-electron chi connectivity index (χ3n) is 4.63. The maximum absolute atomic E-state index is 12.5. The average Bonchev–Trinajstić information content (AvgIpc) is 3.14. The van der Waals surface area contributed by atoms with E-state index in [-0.39, 0.29) is 12.3 Å². The van der Waals surface area contributed by atoms with Gasteiger partial charge in [-0.3, -0.25) is 4.79 Å². The highest BCUT2D eigenvalue weighted by Crippen LogP contribution is 2.29. The maximum atomic E-state index is 12.5. The molecule has 0 spiro atoms. The van der Waals surface area contributed by atoms with Gasteiger partial charge in [0.2, 0.25) is 11.8 Å². The Balaban J connectivity index is 1.57. The van der Waals surface area contributed by atoms with Gasteiger partial charge in [0.15, 0.2) is 5.58 Å². The number of hydrogen-bond acceptors (Lipinski definition) is 4. The van der Waals surface area contributed by atoms with Gasteiger partial charge in [0.1, 0.15) is 11.3 Å². The van der Waals surface area contributed by atoms with Gasteiger partial charge in [-0.1, -0.05) is 29.8 Å². The summed E-state index contributed by atoms with van der Waals surface area (Å²) < 4.78 is 11.1. The molecule has 0 unspecified atom stereocenters. The van der Waals surface area contributed by atoms with Crippen molar-refractivity contribution < 1.29 is 13.9 Å². The smallest absolute Gasteiger partial charge is 0.228 e. The average molecular weight is 407 g/mol. The van der Waals surface area contributed by atoms with Gasteiger partial charge in [0.05, 0.1) is 13.5 Å². The second-order valence-corrected chi connectivity index (χ2v) is 7.17. The summed E-state index contributed by atoms with van der Waals surface area (Å²) in [5.41, 5.74) is 4.75. The monoisotopic (exact) mass is 406 g/mol. The molecule has 0 bridgehead atoms. The molecule has 29 heavy (non-hydrogen) atoms. The Hall–Kier alpha value is -3.31. The number of nitrogens with one attached hydrogen (secondary N) is 1. The summed E-state index contributed by atoms with van der Waals surface area (Å²) in [6, 6.07) is 18.5. The molecule has 1 aromatic heterocycles. The number of aromatic nitrogens is 1. The number of ether oxygens (including phenoxy) is 1. The molecule has 5 nitrogen and oxygen atoms in total. The summed E-state index contributed by atoms with van der Waals surface area (Å²) in [5, 5.41) is 3.62. The number of amides is 1. The topological polar surface area (TPSA) is 64.4 Å². The maximum Gasteiger partial charge on any atom is 0.228 e. The van der Waals surface area contributed by atoms with E-state index in [1.165, 1.54) is 0 Å². The first-order valence-corrected chi connectivity index (χ1v) is 9.49. The number of carbonyl (C=O) groups is 1. The standard InChI is InChI=1S/C23H19ClN2O3/c1-14-3-6-16(23-26-20-13-18(28-2)9-10-21(20)29-23)12-19(14)25-22(27)11-15-4-7-17(24)8-5-15/h3-10,12-13H,11H2,1-2H3,(H,25,27). The molecule has 4 rings (SSSR count). The number of fused-ring (bicyclic) bond motifs is 1. The molecule has 0 saturated carbocycles. The largest absolute Gasteiger partial charge is 0.497 e. The molecule has 0 atom stereocenters. The van der Waals surface area contributed by atoms with Crippen molar-refractivity contribution in [3.8, 4) is 17.2 Å². The Labute approximate surface area is 173 Å². The lowest BCUT2D eigenvalue weighted by Crippen LogP contribution is -2.15. The molecule has 146 valence electrons. The zero-order valence-corrected chi connectivity index (χ0v) is 16.8. The first-order chi connectivity index (χ1) is 14.0. The fourth-order valence-corrected chi connectivity index (χ4v) is 3.16. The van der Waals surface area contributed by atoms with Crippen LogP contribution in [-0.2, 0) is 11.2 Å². The summed E-state index contributed by atoms with van der Waals surface area (Å²) in [5.74, 6) is 1.10. The van der Waals surface area contributed by atoms with Gasteiger partial charge in [-0.15, -0.1) is 0 Å². The molecular formula is C23H19ClN2O3. The first-order valence-electron chi connectivity index (χ1n) is 9.12. The third kappa shape index (κ3) is 4.25. The fourth-order valence-electron chi connectivity index (χ4n) is 3.03. The molecular weight excluding hydrogens is 388 g/mol. The van der Waals surface area contributed by atoms with Gasteiger partial charge in [-0.2, -0.15) is 0 Å². The van der Waals surface area contributed by atoms with Crippen LogP contribution in [0.4, 0.5) is 5.69 Å². The minimum absolute atomic E-state index is 0.102. The van der Waals surface area contributed by atoms with Crippen molar-refractivity contribution in [2.75, 3.05) is 12.4 Å². The molecule has 0 fully saturated rings. The lowest BCUT2D eigenvalue weighted by molar-refractivity contribution is -0.115.